The Hall–Kier alpha value is -1.26. The van der Waals surface area contributed by atoms with E-state index >= 15 is 0 Å². The molecule has 1 saturated heterocycles. The highest BCUT2D eigenvalue weighted by molar-refractivity contribution is 5.85. The number of nitrogens with one attached hydrogen (secondary N) is 2. The molecule has 0 spiro atoms. The fraction of sp³-hybridized carbons (Fsp3) is 0.588. The third kappa shape index (κ3) is 6.24. The van der Waals surface area contributed by atoms with Crippen molar-refractivity contribution in [2.24, 2.45) is 5.92 Å². The van der Waals surface area contributed by atoms with E-state index < -0.39 is 0 Å². The lowest BCUT2D eigenvalue weighted by atomic mass is 9.92. The first-order valence-electron chi connectivity index (χ1n) is 7.85. The number of carbonyl (C=O) groups excluding carboxylic acids is 1. The third-order valence-corrected chi connectivity index (χ3v) is 3.90. The minimum absolute atomic E-state index is 0. The molecule has 0 bridgehead atoms. The van der Waals surface area contributed by atoms with Gasteiger partial charge in [0.15, 0.2) is 0 Å². The summed E-state index contributed by atoms with van der Waals surface area (Å²) in [6, 6.07) is 8.47. The summed E-state index contributed by atoms with van der Waals surface area (Å²) in [5.41, 5.74) is 1.23. The monoisotopic (exact) mass is 326 g/mol. The number of aryl methyl sites for hydroxylation is 1. The van der Waals surface area contributed by atoms with Crippen molar-refractivity contribution in [1.29, 1.82) is 0 Å². The number of halogens is 1. The van der Waals surface area contributed by atoms with Crippen molar-refractivity contribution in [2.45, 2.75) is 39.2 Å². The van der Waals surface area contributed by atoms with Gasteiger partial charge in [-0.2, -0.15) is 0 Å². The van der Waals surface area contributed by atoms with Crippen LogP contribution in [-0.2, 0) is 4.79 Å². The van der Waals surface area contributed by atoms with E-state index in [2.05, 4.69) is 24.5 Å². The third-order valence-electron chi connectivity index (χ3n) is 3.90. The molecule has 0 aliphatic carbocycles. The van der Waals surface area contributed by atoms with Crippen molar-refractivity contribution in [1.82, 2.24) is 10.6 Å². The van der Waals surface area contributed by atoms with Crippen LogP contribution in [0, 0.1) is 12.8 Å². The normalized spacial score (nSPS) is 20.8. The summed E-state index contributed by atoms with van der Waals surface area (Å²) in [7, 11) is 0. The van der Waals surface area contributed by atoms with Crippen molar-refractivity contribution < 1.29 is 9.53 Å². The maximum atomic E-state index is 12.0. The zero-order chi connectivity index (χ0) is 15.1. The molecule has 5 heteroatoms. The van der Waals surface area contributed by atoms with Crippen LogP contribution in [-0.4, -0.2) is 31.6 Å². The largest absolute Gasteiger partial charge is 0.494 e. The number of carbonyl (C=O) groups is 1. The summed E-state index contributed by atoms with van der Waals surface area (Å²) in [4.78, 5) is 12.0. The Morgan fingerprint density at radius 1 is 1.36 bits per heavy atom. The van der Waals surface area contributed by atoms with E-state index in [1.807, 2.05) is 24.3 Å². The van der Waals surface area contributed by atoms with E-state index in [4.69, 9.17) is 4.74 Å². The van der Waals surface area contributed by atoms with Crippen LogP contribution in [0.25, 0.3) is 0 Å². The number of rotatable bonds is 6. The minimum atomic E-state index is 0. The quantitative estimate of drug-likeness (QED) is 0.790. The van der Waals surface area contributed by atoms with Crippen LogP contribution in [0.15, 0.2) is 24.3 Å². The van der Waals surface area contributed by atoms with Gasteiger partial charge < -0.3 is 15.4 Å². The molecule has 0 radical (unpaired) electrons. The SMILES string of the molecule is Cc1ccc(OCCCNC(=O)[C@H]2CCN[C@@H](C)C2)cc1.Cl. The molecule has 22 heavy (non-hydrogen) atoms. The Morgan fingerprint density at radius 2 is 2.09 bits per heavy atom. The molecule has 0 aromatic heterocycles. The highest BCUT2D eigenvalue weighted by Gasteiger charge is 2.24. The second-order valence-corrected chi connectivity index (χ2v) is 5.88. The van der Waals surface area contributed by atoms with Crippen molar-refractivity contribution >= 4 is 18.3 Å². The molecule has 1 aliphatic rings. The molecule has 2 N–H and O–H groups in total. The van der Waals surface area contributed by atoms with Crippen LogP contribution in [0.3, 0.4) is 0 Å². The molecule has 2 rings (SSSR count). The Balaban J connectivity index is 0.00000242. The summed E-state index contributed by atoms with van der Waals surface area (Å²) >= 11 is 0. The lowest BCUT2D eigenvalue weighted by molar-refractivity contribution is -0.126. The topological polar surface area (TPSA) is 50.4 Å². The highest BCUT2D eigenvalue weighted by Crippen LogP contribution is 2.16. The first-order chi connectivity index (χ1) is 10.1. The summed E-state index contributed by atoms with van der Waals surface area (Å²) in [6.45, 7) is 6.45. The number of hydrogen-bond acceptors (Lipinski definition) is 3. The first kappa shape index (κ1) is 18.8. The van der Waals surface area contributed by atoms with Gasteiger partial charge in [-0.3, -0.25) is 4.79 Å². The van der Waals surface area contributed by atoms with Crippen molar-refractivity contribution in [3.05, 3.63) is 29.8 Å². The van der Waals surface area contributed by atoms with Crippen LogP contribution in [0.1, 0.15) is 31.7 Å². The molecule has 0 unspecified atom stereocenters. The second-order valence-electron chi connectivity index (χ2n) is 5.88. The van der Waals surface area contributed by atoms with Crippen molar-refractivity contribution in [3.63, 3.8) is 0 Å². The molecule has 124 valence electrons. The van der Waals surface area contributed by atoms with Crippen LogP contribution in [0.5, 0.6) is 5.75 Å². The first-order valence-corrected chi connectivity index (χ1v) is 7.85. The highest BCUT2D eigenvalue weighted by atomic mass is 35.5. The average Bonchev–Trinajstić information content (AvgIpc) is 2.48. The van der Waals surface area contributed by atoms with Gasteiger partial charge in [0.25, 0.3) is 0 Å². The van der Waals surface area contributed by atoms with Crippen LogP contribution in [0.4, 0.5) is 0 Å². The molecule has 1 aromatic carbocycles. The standard InChI is InChI=1S/C17H26N2O2.ClH/c1-13-4-6-16(7-5-13)21-11-3-9-19-17(20)15-8-10-18-14(2)12-15;/h4-7,14-15,18H,3,8-12H2,1-2H3,(H,19,20);1H/t14-,15-;/m0./s1. The van der Waals surface area contributed by atoms with E-state index in [9.17, 15) is 4.79 Å². The molecule has 1 heterocycles. The molecule has 2 atom stereocenters. The zero-order valence-corrected chi connectivity index (χ0v) is 14.2. The van der Waals surface area contributed by atoms with Gasteiger partial charge in [-0.15, -0.1) is 12.4 Å². The average molecular weight is 327 g/mol. The zero-order valence-electron chi connectivity index (χ0n) is 13.4. The Kier molecular flexibility index (Phi) is 8.28. The van der Waals surface area contributed by atoms with Gasteiger partial charge in [-0.1, -0.05) is 17.7 Å². The summed E-state index contributed by atoms with van der Waals surface area (Å²) in [5, 5.41) is 6.39. The maximum Gasteiger partial charge on any atom is 0.223 e. The molecule has 1 aromatic rings. The number of piperidine rings is 1. The Labute approximate surface area is 139 Å². The predicted octanol–water partition coefficient (Wildman–Crippen LogP) is 2.69. The van der Waals surface area contributed by atoms with E-state index in [0.29, 0.717) is 19.2 Å². The van der Waals surface area contributed by atoms with Crippen molar-refractivity contribution in [2.75, 3.05) is 19.7 Å². The number of ether oxygens (including phenoxy) is 1. The van der Waals surface area contributed by atoms with Gasteiger partial charge in [-0.05, 0) is 51.8 Å². The number of amides is 1. The summed E-state index contributed by atoms with van der Waals surface area (Å²) < 4.78 is 5.64. The van der Waals surface area contributed by atoms with Gasteiger partial charge in [0.1, 0.15) is 5.75 Å². The molecule has 1 fully saturated rings. The minimum Gasteiger partial charge on any atom is -0.494 e. The lowest BCUT2D eigenvalue weighted by Crippen LogP contribution is -2.42. The molecule has 1 amide bonds. The van der Waals surface area contributed by atoms with Crippen LogP contribution < -0.4 is 15.4 Å². The number of benzene rings is 1. The van der Waals surface area contributed by atoms with Gasteiger partial charge in [0, 0.05) is 18.5 Å². The smallest absolute Gasteiger partial charge is 0.223 e. The summed E-state index contributed by atoms with van der Waals surface area (Å²) in [5.74, 6) is 1.25. The predicted molar refractivity (Wildman–Crippen MR) is 91.7 cm³/mol. The molecule has 1 aliphatic heterocycles. The van der Waals surface area contributed by atoms with Crippen LogP contribution >= 0.6 is 12.4 Å². The molecule has 0 saturated carbocycles. The number of hydrogen-bond donors (Lipinski definition) is 2. The fourth-order valence-electron chi connectivity index (χ4n) is 2.62. The second kappa shape index (κ2) is 9.70. The lowest BCUT2D eigenvalue weighted by Gasteiger charge is -2.27. The maximum absolute atomic E-state index is 12.0. The van der Waals surface area contributed by atoms with E-state index in [0.717, 1.165) is 31.6 Å². The fourth-order valence-corrected chi connectivity index (χ4v) is 2.62. The van der Waals surface area contributed by atoms with E-state index in [-0.39, 0.29) is 24.2 Å². The van der Waals surface area contributed by atoms with Gasteiger partial charge in [0.2, 0.25) is 5.91 Å². The Bertz CT molecular complexity index is 450. The molecule has 4 nitrogen and oxygen atoms in total. The van der Waals surface area contributed by atoms with Gasteiger partial charge in [0.05, 0.1) is 6.61 Å². The van der Waals surface area contributed by atoms with Gasteiger partial charge >= 0.3 is 0 Å². The summed E-state index contributed by atoms with van der Waals surface area (Å²) in [6.07, 6.45) is 2.71. The van der Waals surface area contributed by atoms with E-state index in [1.54, 1.807) is 0 Å². The molecular formula is C17H27ClN2O2. The van der Waals surface area contributed by atoms with Crippen LogP contribution in [0.2, 0.25) is 0 Å². The van der Waals surface area contributed by atoms with Gasteiger partial charge in [-0.25, -0.2) is 0 Å². The van der Waals surface area contributed by atoms with E-state index in [1.165, 1.54) is 5.56 Å². The molecular weight excluding hydrogens is 300 g/mol. The Morgan fingerprint density at radius 3 is 2.77 bits per heavy atom. The van der Waals surface area contributed by atoms with Crippen molar-refractivity contribution in [3.8, 4) is 5.75 Å².